The predicted molar refractivity (Wildman–Crippen MR) is 115 cm³/mol. The van der Waals surface area contributed by atoms with Gasteiger partial charge in [0, 0.05) is 6.42 Å². The number of benzene rings is 3. The third kappa shape index (κ3) is 5.86. The largest absolute Gasteiger partial charge is 0.497 e. The van der Waals surface area contributed by atoms with Crippen LogP contribution in [-0.4, -0.2) is 26.6 Å². The van der Waals surface area contributed by atoms with Crippen molar-refractivity contribution in [3.8, 4) is 17.2 Å². The van der Waals surface area contributed by atoms with Crippen LogP contribution in [0.25, 0.3) is 0 Å². The first kappa shape index (κ1) is 25.1. The Bertz CT molecular complexity index is 1240. The molecule has 0 saturated carbocycles. The van der Waals surface area contributed by atoms with Crippen molar-refractivity contribution in [2.45, 2.75) is 22.7 Å². The molecule has 0 spiro atoms. The molecular weight excluding hydrogens is 475 g/mol. The van der Waals surface area contributed by atoms with E-state index in [4.69, 9.17) is 14.7 Å². The lowest BCUT2D eigenvalue weighted by Crippen LogP contribution is -2.25. The second-order valence-electron chi connectivity index (χ2n) is 7.14. The molecule has 11 heteroatoms. The number of hydrogen-bond donors (Lipinski definition) is 2. The number of ether oxygens (including phenoxy) is 2. The Kier molecular flexibility index (Phi) is 7.48. The first-order chi connectivity index (χ1) is 16.0. The monoisotopic (exact) mass is 495 g/mol. The van der Waals surface area contributed by atoms with E-state index in [-0.39, 0.29) is 22.0 Å². The number of hydroxylamine groups is 1. The van der Waals surface area contributed by atoms with Crippen molar-refractivity contribution in [1.82, 2.24) is 5.48 Å². The van der Waals surface area contributed by atoms with Crippen LogP contribution < -0.4 is 15.0 Å². The summed E-state index contributed by atoms with van der Waals surface area (Å²) in [5.74, 6) is -0.356. The zero-order chi connectivity index (χ0) is 24.9. The third-order valence-electron chi connectivity index (χ3n) is 4.91. The molecule has 0 aliphatic rings. The van der Waals surface area contributed by atoms with Crippen LogP contribution >= 0.6 is 0 Å². The summed E-state index contributed by atoms with van der Waals surface area (Å²) >= 11 is 0. The Morgan fingerprint density at radius 3 is 2.15 bits per heavy atom. The Morgan fingerprint density at radius 1 is 0.971 bits per heavy atom. The standard InChI is InChI=1S/C23H20F3NO6S/c1-32-17-9-11-20(12-10-17)34(30,31)21(14-22(28)27-29)15-5-7-18(8-6-15)33-19-4-2-3-16(13-19)23(24,25)26/h2-13,21,29H,14H2,1H3,(H,27,28). The van der Waals surface area contributed by atoms with Gasteiger partial charge in [-0.05, 0) is 60.2 Å². The summed E-state index contributed by atoms with van der Waals surface area (Å²) in [7, 11) is -2.64. The van der Waals surface area contributed by atoms with Crippen molar-refractivity contribution in [1.29, 1.82) is 0 Å². The van der Waals surface area contributed by atoms with Crippen LogP contribution in [0.2, 0.25) is 0 Å². The summed E-state index contributed by atoms with van der Waals surface area (Å²) < 4.78 is 75.7. The fourth-order valence-corrected chi connectivity index (χ4v) is 4.90. The maximum atomic E-state index is 13.3. The molecule has 3 rings (SSSR count). The van der Waals surface area contributed by atoms with E-state index < -0.39 is 39.2 Å². The van der Waals surface area contributed by atoms with E-state index in [1.165, 1.54) is 73.3 Å². The van der Waals surface area contributed by atoms with Gasteiger partial charge in [0.1, 0.15) is 17.2 Å². The highest BCUT2D eigenvalue weighted by molar-refractivity contribution is 7.91. The van der Waals surface area contributed by atoms with Crippen LogP contribution in [0.5, 0.6) is 17.2 Å². The van der Waals surface area contributed by atoms with Gasteiger partial charge in [-0.2, -0.15) is 13.2 Å². The fourth-order valence-electron chi connectivity index (χ4n) is 3.17. The van der Waals surface area contributed by atoms with Crippen molar-refractivity contribution in [3.63, 3.8) is 0 Å². The number of amides is 1. The van der Waals surface area contributed by atoms with Crippen LogP contribution in [0.4, 0.5) is 13.2 Å². The average molecular weight is 495 g/mol. The Morgan fingerprint density at radius 2 is 1.59 bits per heavy atom. The van der Waals surface area contributed by atoms with Gasteiger partial charge in [-0.3, -0.25) is 10.0 Å². The molecule has 2 N–H and O–H groups in total. The maximum Gasteiger partial charge on any atom is 0.416 e. The molecule has 3 aromatic rings. The van der Waals surface area contributed by atoms with Crippen LogP contribution in [0, 0.1) is 0 Å². The van der Waals surface area contributed by atoms with Gasteiger partial charge >= 0.3 is 6.18 Å². The van der Waals surface area contributed by atoms with E-state index in [1.54, 1.807) is 0 Å². The molecule has 0 aliphatic heterocycles. The second-order valence-corrected chi connectivity index (χ2v) is 9.28. The van der Waals surface area contributed by atoms with Crippen molar-refractivity contribution in [2.24, 2.45) is 0 Å². The molecule has 1 amide bonds. The topological polar surface area (TPSA) is 102 Å². The van der Waals surface area contributed by atoms with Crippen molar-refractivity contribution in [2.75, 3.05) is 7.11 Å². The summed E-state index contributed by atoms with van der Waals surface area (Å²) in [4.78, 5) is 11.8. The number of halogens is 3. The van der Waals surface area contributed by atoms with Gasteiger partial charge in [0.05, 0.1) is 22.8 Å². The number of carbonyl (C=O) groups excluding carboxylic acids is 1. The highest BCUT2D eigenvalue weighted by Crippen LogP contribution is 2.35. The van der Waals surface area contributed by atoms with Crippen LogP contribution in [0.3, 0.4) is 0 Å². The summed E-state index contributed by atoms with van der Waals surface area (Å²) in [5.41, 5.74) is 0.774. The fraction of sp³-hybridized carbons (Fsp3) is 0.174. The van der Waals surface area contributed by atoms with Crippen LogP contribution in [0.15, 0.2) is 77.7 Å². The van der Waals surface area contributed by atoms with Gasteiger partial charge in [-0.25, -0.2) is 13.9 Å². The molecular formula is C23H20F3NO6S. The van der Waals surface area contributed by atoms with E-state index >= 15 is 0 Å². The molecule has 3 aromatic carbocycles. The Hall–Kier alpha value is -3.57. The molecule has 0 heterocycles. The van der Waals surface area contributed by atoms with E-state index in [2.05, 4.69) is 0 Å². The predicted octanol–water partition coefficient (Wildman–Crippen LogP) is 4.92. The van der Waals surface area contributed by atoms with E-state index in [0.29, 0.717) is 5.75 Å². The van der Waals surface area contributed by atoms with Crippen molar-refractivity contribution >= 4 is 15.7 Å². The highest BCUT2D eigenvalue weighted by Gasteiger charge is 2.32. The lowest BCUT2D eigenvalue weighted by atomic mass is 10.1. The summed E-state index contributed by atoms with van der Waals surface area (Å²) in [6.45, 7) is 0. The van der Waals surface area contributed by atoms with Gasteiger partial charge in [-0.1, -0.05) is 18.2 Å². The van der Waals surface area contributed by atoms with Gasteiger partial charge in [0.25, 0.3) is 0 Å². The minimum atomic E-state index is -4.53. The number of nitrogens with one attached hydrogen (secondary N) is 1. The van der Waals surface area contributed by atoms with Gasteiger partial charge < -0.3 is 9.47 Å². The number of hydrogen-bond acceptors (Lipinski definition) is 6. The first-order valence-electron chi connectivity index (χ1n) is 9.80. The number of rotatable bonds is 8. The molecule has 0 aliphatic carbocycles. The van der Waals surface area contributed by atoms with Gasteiger partial charge in [0.15, 0.2) is 9.84 Å². The normalized spacial score (nSPS) is 12.6. The smallest absolute Gasteiger partial charge is 0.416 e. The third-order valence-corrected chi connectivity index (χ3v) is 7.02. The van der Waals surface area contributed by atoms with E-state index in [0.717, 1.165) is 12.1 Å². The van der Waals surface area contributed by atoms with Crippen LogP contribution in [0.1, 0.15) is 22.8 Å². The van der Waals surface area contributed by atoms with Crippen molar-refractivity contribution < 1.29 is 41.1 Å². The summed E-state index contributed by atoms with van der Waals surface area (Å²) in [6, 6.07) is 15.4. The lowest BCUT2D eigenvalue weighted by Gasteiger charge is -2.18. The molecule has 0 fully saturated rings. The van der Waals surface area contributed by atoms with E-state index in [9.17, 15) is 26.4 Å². The minimum Gasteiger partial charge on any atom is -0.497 e. The molecule has 0 bridgehead atoms. The molecule has 34 heavy (non-hydrogen) atoms. The number of methoxy groups -OCH3 is 1. The van der Waals surface area contributed by atoms with Crippen molar-refractivity contribution in [3.05, 3.63) is 83.9 Å². The molecule has 180 valence electrons. The number of alkyl halides is 3. The Labute approximate surface area is 193 Å². The molecule has 1 unspecified atom stereocenters. The lowest BCUT2D eigenvalue weighted by molar-refractivity contribution is -0.137. The maximum absolute atomic E-state index is 13.3. The molecule has 1 atom stereocenters. The minimum absolute atomic E-state index is 0.0513. The first-order valence-corrected chi connectivity index (χ1v) is 11.3. The van der Waals surface area contributed by atoms with Crippen LogP contribution in [-0.2, 0) is 20.8 Å². The zero-order valence-corrected chi connectivity index (χ0v) is 18.6. The van der Waals surface area contributed by atoms with Gasteiger partial charge in [-0.15, -0.1) is 0 Å². The average Bonchev–Trinajstić information content (AvgIpc) is 2.82. The Balaban J connectivity index is 1.90. The number of sulfone groups is 1. The van der Waals surface area contributed by atoms with Gasteiger partial charge in [0.2, 0.25) is 5.91 Å². The van der Waals surface area contributed by atoms with E-state index in [1.807, 2.05) is 0 Å². The molecule has 7 nitrogen and oxygen atoms in total. The SMILES string of the molecule is COc1ccc(S(=O)(=O)C(CC(=O)NO)c2ccc(Oc3cccc(C(F)(F)F)c3)cc2)cc1. The zero-order valence-electron chi connectivity index (χ0n) is 17.7. The number of carbonyl (C=O) groups is 1. The molecule has 0 radical (unpaired) electrons. The molecule has 0 saturated heterocycles. The summed E-state index contributed by atoms with van der Waals surface area (Å²) in [6.07, 6.45) is -5.10. The highest BCUT2D eigenvalue weighted by atomic mass is 32.2. The quantitative estimate of drug-likeness (QED) is 0.340. The second kappa shape index (κ2) is 10.1. The molecule has 0 aromatic heterocycles. The summed E-state index contributed by atoms with van der Waals surface area (Å²) in [5, 5.41) is 7.56.